The second-order valence-corrected chi connectivity index (χ2v) is 6.85. The van der Waals surface area contributed by atoms with Gasteiger partial charge in [-0.3, -0.25) is 0 Å². The van der Waals surface area contributed by atoms with Gasteiger partial charge in [-0.1, -0.05) is 48.0 Å². The van der Waals surface area contributed by atoms with Crippen LogP contribution in [0.1, 0.15) is 16.7 Å². The number of fused-ring (bicyclic) bond motifs is 1. The average Bonchev–Trinajstić information content (AvgIpc) is 2.64. The molecule has 0 saturated heterocycles. The lowest BCUT2D eigenvalue weighted by molar-refractivity contribution is 1.09. The zero-order chi connectivity index (χ0) is 19.0. The van der Waals surface area contributed by atoms with Gasteiger partial charge in [-0.2, -0.15) is 4.98 Å². The number of nitrogen functional groups attached to an aromatic ring is 2. The summed E-state index contributed by atoms with van der Waals surface area (Å²) in [4.78, 5) is 13.1. The number of nitrogens with zero attached hydrogens (tertiary/aromatic N) is 3. The number of para-hydroxylation sites is 1. The molecule has 5 nitrogen and oxygen atoms in total. The fraction of sp³-hybridized carbons (Fsp3) is 0.0952. The van der Waals surface area contributed by atoms with Crippen LogP contribution in [0, 0.1) is 6.92 Å². The molecule has 2 heterocycles. The summed E-state index contributed by atoms with van der Waals surface area (Å²) in [5.41, 5.74) is 17.3. The van der Waals surface area contributed by atoms with Crippen molar-refractivity contribution in [1.29, 1.82) is 0 Å². The highest BCUT2D eigenvalue weighted by Gasteiger charge is 2.15. The number of hydrogen-bond donors (Lipinski definition) is 2. The molecule has 4 aromatic rings. The van der Waals surface area contributed by atoms with Gasteiger partial charge in [-0.05, 0) is 30.2 Å². The maximum Gasteiger partial charge on any atom is 0.221 e. The maximum atomic E-state index is 6.47. The van der Waals surface area contributed by atoms with Crippen molar-refractivity contribution in [3.63, 3.8) is 0 Å². The smallest absolute Gasteiger partial charge is 0.221 e. The highest BCUT2D eigenvalue weighted by atomic mass is 35.5. The monoisotopic (exact) mass is 375 g/mol. The lowest BCUT2D eigenvalue weighted by Gasteiger charge is -2.14. The van der Waals surface area contributed by atoms with E-state index in [-0.39, 0.29) is 5.95 Å². The molecule has 0 saturated carbocycles. The minimum atomic E-state index is 0.162. The number of benzene rings is 2. The molecule has 0 bridgehead atoms. The Bertz CT molecular complexity index is 1160. The number of aryl methyl sites for hydroxylation is 1. The van der Waals surface area contributed by atoms with Gasteiger partial charge in [0.05, 0.1) is 11.2 Å². The third-order valence-electron chi connectivity index (χ3n) is 4.55. The van der Waals surface area contributed by atoms with Gasteiger partial charge >= 0.3 is 0 Å². The Morgan fingerprint density at radius 1 is 0.963 bits per heavy atom. The quantitative estimate of drug-likeness (QED) is 0.553. The molecule has 0 unspecified atom stereocenters. The SMILES string of the molecule is Cc1cccc2cc(Cc3cnc(N)nc3N)c(-c3ccccc3Cl)nc12. The van der Waals surface area contributed by atoms with Crippen molar-refractivity contribution in [3.05, 3.63) is 76.4 Å². The van der Waals surface area contributed by atoms with Crippen molar-refractivity contribution >= 4 is 34.3 Å². The lowest BCUT2D eigenvalue weighted by Crippen LogP contribution is -2.05. The van der Waals surface area contributed by atoms with Crippen molar-refractivity contribution < 1.29 is 0 Å². The van der Waals surface area contributed by atoms with E-state index in [1.807, 2.05) is 30.3 Å². The summed E-state index contributed by atoms with van der Waals surface area (Å²) in [5, 5.41) is 1.72. The number of pyridine rings is 1. The zero-order valence-corrected chi connectivity index (χ0v) is 15.5. The third kappa shape index (κ3) is 3.29. The van der Waals surface area contributed by atoms with Crippen molar-refractivity contribution in [2.24, 2.45) is 0 Å². The van der Waals surface area contributed by atoms with Crippen LogP contribution in [0.15, 0.2) is 54.7 Å². The predicted molar refractivity (Wildman–Crippen MR) is 111 cm³/mol. The molecule has 0 fully saturated rings. The van der Waals surface area contributed by atoms with E-state index in [1.165, 1.54) is 0 Å². The first kappa shape index (κ1) is 17.2. The minimum Gasteiger partial charge on any atom is -0.383 e. The fourth-order valence-corrected chi connectivity index (χ4v) is 3.41. The molecule has 134 valence electrons. The second kappa shape index (κ2) is 6.85. The first-order valence-electron chi connectivity index (χ1n) is 8.54. The normalized spacial score (nSPS) is 11.0. The number of aromatic nitrogens is 3. The highest BCUT2D eigenvalue weighted by Crippen LogP contribution is 2.33. The van der Waals surface area contributed by atoms with Crippen LogP contribution in [0.4, 0.5) is 11.8 Å². The molecule has 2 aromatic heterocycles. The molecule has 4 rings (SSSR count). The molecule has 4 N–H and O–H groups in total. The maximum absolute atomic E-state index is 6.47. The Morgan fingerprint density at radius 3 is 2.56 bits per heavy atom. The molecule has 2 aromatic carbocycles. The lowest BCUT2D eigenvalue weighted by atomic mass is 9.97. The zero-order valence-electron chi connectivity index (χ0n) is 14.8. The van der Waals surface area contributed by atoms with Gasteiger partial charge in [-0.15, -0.1) is 0 Å². The Labute approximate surface area is 162 Å². The van der Waals surface area contributed by atoms with Crippen LogP contribution >= 0.6 is 11.6 Å². The van der Waals surface area contributed by atoms with Gasteiger partial charge in [0.15, 0.2) is 0 Å². The molecule has 0 radical (unpaired) electrons. The van der Waals surface area contributed by atoms with Gasteiger partial charge in [0.1, 0.15) is 5.82 Å². The summed E-state index contributed by atoms with van der Waals surface area (Å²) in [6.07, 6.45) is 2.19. The van der Waals surface area contributed by atoms with Crippen molar-refractivity contribution in [1.82, 2.24) is 15.0 Å². The van der Waals surface area contributed by atoms with Gasteiger partial charge < -0.3 is 11.5 Å². The van der Waals surface area contributed by atoms with Crippen molar-refractivity contribution in [2.45, 2.75) is 13.3 Å². The summed E-state index contributed by atoms with van der Waals surface area (Å²) in [5.74, 6) is 0.534. The molecule has 0 atom stereocenters. The van der Waals surface area contributed by atoms with Crippen molar-refractivity contribution in [3.8, 4) is 11.3 Å². The van der Waals surface area contributed by atoms with E-state index in [2.05, 4.69) is 35.1 Å². The number of halogens is 1. The largest absolute Gasteiger partial charge is 0.383 e. The van der Waals surface area contributed by atoms with E-state index in [0.717, 1.165) is 38.9 Å². The van der Waals surface area contributed by atoms with Gasteiger partial charge in [-0.25, -0.2) is 9.97 Å². The van der Waals surface area contributed by atoms with Crippen LogP contribution < -0.4 is 11.5 Å². The summed E-state index contributed by atoms with van der Waals surface area (Å²) in [6.45, 7) is 2.05. The Kier molecular flexibility index (Phi) is 4.38. The topological polar surface area (TPSA) is 90.7 Å². The van der Waals surface area contributed by atoms with Crippen LogP contribution in [0.2, 0.25) is 5.02 Å². The van der Waals surface area contributed by atoms with Gasteiger partial charge in [0.2, 0.25) is 5.95 Å². The first-order chi connectivity index (χ1) is 13.0. The fourth-order valence-electron chi connectivity index (χ4n) is 3.19. The first-order valence-corrected chi connectivity index (χ1v) is 8.92. The standard InChI is InChI=1S/C21H18ClN5/c1-12-5-4-6-13-9-14(10-15-11-25-21(24)27-20(15)23)19(26-18(12)13)16-7-2-3-8-17(16)22/h2-9,11H,10H2,1H3,(H4,23,24,25,27). The van der Waals surface area contributed by atoms with Crippen LogP contribution in [-0.4, -0.2) is 15.0 Å². The molecule has 0 aliphatic rings. The van der Waals surface area contributed by atoms with E-state index in [1.54, 1.807) is 6.20 Å². The second-order valence-electron chi connectivity index (χ2n) is 6.44. The summed E-state index contributed by atoms with van der Waals surface area (Å²) in [7, 11) is 0. The Hall–Kier alpha value is -3.18. The van der Waals surface area contributed by atoms with E-state index >= 15 is 0 Å². The number of nitrogens with two attached hydrogens (primary N) is 2. The number of rotatable bonds is 3. The average molecular weight is 376 g/mol. The Morgan fingerprint density at radius 2 is 1.78 bits per heavy atom. The molecule has 6 heteroatoms. The molecule has 27 heavy (non-hydrogen) atoms. The summed E-state index contributed by atoms with van der Waals surface area (Å²) >= 11 is 6.47. The minimum absolute atomic E-state index is 0.162. The van der Waals surface area contributed by atoms with Crippen LogP contribution in [0.3, 0.4) is 0 Å². The van der Waals surface area contributed by atoms with E-state index in [9.17, 15) is 0 Å². The predicted octanol–water partition coefficient (Wildman–Crippen LogP) is 4.41. The van der Waals surface area contributed by atoms with E-state index < -0.39 is 0 Å². The summed E-state index contributed by atoms with van der Waals surface area (Å²) < 4.78 is 0. The third-order valence-corrected chi connectivity index (χ3v) is 4.88. The number of anilines is 2. The Balaban J connectivity index is 1.94. The van der Waals surface area contributed by atoms with Gasteiger partial charge in [0, 0.05) is 34.2 Å². The molecule has 0 aliphatic carbocycles. The highest BCUT2D eigenvalue weighted by molar-refractivity contribution is 6.33. The van der Waals surface area contributed by atoms with Gasteiger partial charge in [0.25, 0.3) is 0 Å². The molecule has 0 amide bonds. The van der Waals surface area contributed by atoms with Crippen molar-refractivity contribution in [2.75, 3.05) is 11.5 Å². The molecule has 0 aliphatic heterocycles. The van der Waals surface area contributed by atoms with E-state index in [4.69, 9.17) is 28.1 Å². The molecule has 0 spiro atoms. The van der Waals surface area contributed by atoms with E-state index in [0.29, 0.717) is 17.3 Å². The number of hydrogen-bond acceptors (Lipinski definition) is 5. The molecular formula is C21H18ClN5. The van der Waals surface area contributed by atoms with Crippen LogP contribution in [-0.2, 0) is 6.42 Å². The van der Waals surface area contributed by atoms with Crippen LogP contribution in [0.5, 0.6) is 0 Å². The van der Waals surface area contributed by atoms with Crippen LogP contribution in [0.25, 0.3) is 22.2 Å². The summed E-state index contributed by atoms with van der Waals surface area (Å²) in [6, 6.07) is 16.0. The molecular weight excluding hydrogens is 358 g/mol.